The molecule has 0 bridgehead atoms. The molecule has 4 rings (SSSR count). The summed E-state index contributed by atoms with van der Waals surface area (Å²) < 4.78 is 7.99. The number of nitrogens with zero attached hydrogens (tertiary/aromatic N) is 5. The smallest absolute Gasteiger partial charge is 0.236 e. The van der Waals surface area contributed by atoms with Gasteiger partial charge < -0.3 is 9.64 Å². The summed E-state index contributed by atoms with van der Waals surface area (Å²) in [6.07, 6.45) is 7.68. The van der Waals surface area contributed by atoms with Crippen LogP contribution in [0, 0.1) is 0 Å². The molecule has 7 nitrogen and oxygen atoms in total. The van der Waals surface area contributed by atoms with Crippen LogP contribution < -0.4 is 0 Å². The van der Waals surface area contributed by atoms with Gasteiger partial charge in [-0.15, -0.1) is 5.10 Å². The lowest BCUT2D eigenvalue weighted by atomic mass is 10.00. The number of rotatable bonds is 2. The number of aromatic nitrogens is 3. The molecule has 126 valence electrons. The standard InChI is InChI=1S/C16H25N5O2/c22-16(20-6-3-1-2-4-7-20)11-19-8-5-14-15(10-19)23-12-13-9-17-18-21(13)14/h9,14-15H,1-8,10-12H2/t14-,15-/m0/s1. The van der Waals surface area contributed by atoms with Gasteiger partial charge in [-0.2, -0.15) is 0 Å². The van der Waals surface area contributed by atoms with Gasteiger partial charge in [0.2, 0.25) is 5.91 Å². The van der Waals surface area contributed by atoms with Crippen molar-refractivity contribution in [2.24, 2.45) is 0 Å². The van der Waals surface area contributed by atoms with Gasteiger partial charge in [-0.3, -0.25) is 9.69 Å². The first kappa shape index (κ1) is 15.1. The molecular formula is C16H25N5O2. The summed E-state index contributed by atoms with van der Waals surface area (Å²) in [5.41, 5.74) is 1.06. The van der Waals surface area contributed by atoms with Crippen LogP contribution in [0.3, 0.4) is 0 Å². The molecule has 4 heterocycles. The molecule has 2 fully saturated rings. The Bertz CT molecular complexity index is 552. The molecule has 0 saturated carbocycles. The van der Waals surface area contributed by atoms with Crippen LogP contribution >= 0.6 is 0 Å². The fraction of sp³-hybridized carbons (Fsp3) is 0.812. The summed E-state index contributed by atoms with van der Waals surface area (Å²) in [7, 11) is 0. The molecule has 1 aromatic heterocycles. The maximum Gasteiger partial charge on any atom is 0.236 e. The van der Waals surface area contributed by atoms with E-state index in [1.54, 1.807) is 6.20 Å². The minimum Gasteiger partial charge on any atom is -0.368 e. The zero-order valence-corrected chi connectivity index (χ0v) is 13.6. The van der Waals surface area contributed by atoms with Gasteiger partial charge in [-0.05, 0) is 19.3 Å². The molecule has 1 aromatic rings. The number of amides is 1. The second-order valence-electron chi connectivity index (χ2n) is 6.91. The highest BCUT2D eigenvalue weighted by Crippen LogP contribution is 2.30. The Kier molecular flexibility index (Phi) is 4.31. The number of ether oxygens (including phenoxy) is 1. The fourth-order valence-electron chi connectivity index (χ4n) is 4.01. The molecule has 3 aliphatic heterocycles. The minimum absolute atomic E-state index is 0.120. The molecule has 23 heavy (non-hydrogen) atoms. The maximum absolute atomic E-state index is 12.6. The monoisotopic (exact) mass is 319 g/mol. The lowest BCUT2D eigenvalue weighted by molar-refractivity contribution is -0.134. The van der Waals surface area contributed by atoms with Crippen LogP contribution in [0.5, 0.6) is 0 Å². The number of piperidine rings is 1. The summed E-state index contributed by atoms with van der Waals surface area (Å²) in [4.78, 5) is 16.9. The minimum atomic E-state index is 0.120. The first-order chi connectivity index (χ1) is 11.3. The van der Waals surface area contributed by atoms with Gasteiger partial charge in [-0.1, -0.05) is 18.1 Å². The lowest BCUT2D eigenvalue weighted by Gasteiger charge is -2.41. The van der Waals surface area contributed by atoms with Crippen LogP contribution in [0.4, 0.5) is 0 Å². The van der Waals surface area contributed by atoms with E-state index in [1.807, 2.05) is 4.68 Å². The predicted octanol–water partition coefficient (Wildman–Crippen LogP) is 0.826. The second-order valence-corrected chi connectivity index (χ2v) is 6.91. The van der Waals surface area contributed by atoms with Gasteiger partial charge in [0.15, 0.2) is 0 Å². The largest absolute Gasteiger partial charge is 0.368 e. The van der Waals surface area contributed by atoms with Crippen LogP contribution in [0.1, 0.15) is 43.8 Å². The first-order valence-electron chi connectivity index (χ1n) is 8.82. The quantitative estimate of drug-likeness (QED) is 0.808. The van der Waals surface area contributed by atoms with Crippen LogP contribution in [-0.2, 0) is 16.1 Å². The van der Waals surface area contributed by atoms with E-state index in [9.17, 15) is 4.79 Å². The van der Waals surface area contributed by atoms with E-state index in [2.05, 4.69) is 20.1 Å². The number of likely N-dealkylation sites (tertiary alicyclic amines) is 2. The van der Waals surface area contributed by atoms with E-state index < -0.39 is 0 Å². The maximum atomic E-state index is 12.6. The van der Waals surface area contributed by atoms with Crippen molar-refractivity contribution < 1.29 is 9.53 Å². The van der Waals surface area contributed by atoms with E-state index in [4.69, 9.17) is 4.74 Å². The molecule has 3 aliphatic rings. The van der Waals surface area contributed by atoms with E-state index in [-0.39, 0.29) is 18.1 Å². The molecule has 0 spiro atoms. The van der Waals surface area contributed by atoms with Crippen molar-refractivity contribution in [3.63, 3.8) is 0 Å². The highest BCUT2D eigenvalue weighted by atomic mass is 16.5. The number of hydrogen-bond acceptors (Lipinski definition) is 5. The molecule has 0 aliphatic carbocycles. The molecule has 0 N–H and O–H groups in total. The van der Waals surface area contributed by atoms with Crippen molar-refractivity contribution in [1.82, 2.24) is 24.8 Å². The first-order valence-corrected chi connectivity index (χ1v) is 8.82. The van der Waals surface area contributed by atoms with Crippen molar-refractivity contribution >= 4 is 5.91 Å². The van der Waals surface area contributed by atoms with E-state index >= 15 is 0 Å². The lowest BCUT2D eigenvalue weighted by Crippen LogP contribution is -2.51. The average Bonchev–Trinajstić information content (AvgIpc) is 2.88. The van der Waals surface area contributed by atoms with E-state index in [0.717, 1.165) is 51.1 Å². The third kappa shape index (κ3) is 3.12. The van der Waals surface area contributed by atoms with Crippen LogP contribution in [0.2, 0.25) is 0 Å². The van der Waals surface area contributed by atoms with E-state index in [1.165, 1.54) is 12.8 Å². The molecule has 0 unspecified atom stereocenters. The van der Waals surface area contributed by atoms with Gasteiger partial charge in [0.05, 0.1) is 37.2 Å². The van der Waals surface area contributed by atoms with Crippen molar-refractivity contribution in [1.29, 1.82) is 0 Å². The average molecular weight is 319 g/mol. The molecule has 0 aromatic carbocycles. The Labute approximate surface area is 136 Å². The number of carbonyl (C=O) groups is 1. The topological polar surface area (TPSA) is 63.5 Å². The SMILES string of the molecule is O=C(CN1CC[C@H]2[C@H](C1)OCc1cnnn12)N1CCCCCC1. The Morgan fingerprint density at radius 2 is 2.04 bits per heavy atom. The Morgan fingerprint density at radius 1 is 1.22 bits per heavy atom. The normalized spacial score (nSPS) is 28.8. The zero-order chi connectivity index (χ0) is 15.6. The van der Waals surface area contributed by atoms with Gasteiger partial charge in [0, 0.05) is 26.2 Å². The van der Waals surface area contributed by atoms with Crippen molar-refractivity contribution in [2.75, 3.05) is 32.7 Å². The summed E-state index contributed by atoms with van der Waals surface area (Å²) in [5, 5.41) is 8.19. The highest BCUT2D eigenvalue weighted by Gasteiger charge is 2.37. The van der Waals surface area contributed by atoms with Gasteiger partial charge in [0.1, 0.15) is 0 Å². The third-order valence-corrected chi connectivity index (χ3v) is 5.33. The van der Waals surface area contributed by atoms with Gasteiger partial charge in [0.25, 0.3) is 0 Å². The van der Waals surface area contributed by atoms with Crippen LogP contribution in [0.25, 0.3) is 0 Å². The molecule has 2 atom stereocenters. The summed E-state index contributed by atoms with van der Waals surface area (Å²) in [6, 6.07) is 0.269. The zero-order valence-electron chi connectivity index (χ0n) is 13.6. The number of hydrogen-bond donors (Lipinski definition) is 0. The predicted molar refractivity (Wildman–Crippen MR) is 83.7 cm³/mol. The van der Waals surface area contributed by atoms with Crippen molar-refractivity contribution in [2.45, 2.75) is 50.9 Å². The number of carbonyl (C=O) groups excluding carboxylic acids is 1. The van der Waals surface area contributed by atoms with Crippen molar-refractivity contribution in [3.05, 3.63) is 11.9 Å². The second kappa shape index (κ2) is 6.57. The third-order valence-electron chi connectivity index (χ3n) is 5.33. The summed E-state index contributed by atoms with van der Waals surface area (Å²) in [5.74, 6) is 0.280. The van der Waals surface area contributed by atoms with Crippen LogP contribution in [-0.4, -0.2) is 69.5 Å². The molecule has 2 saturated heterocycles. The summed E-state index contributed by atoms with van der Waals surface area (Å²) in [6.45, 7) is 4.68. The Hall–Kier alpha value is -1.47. The van der Waals surface area contributed by atoms with Crippen LogP contribution in [0.15, 0.2) is 6.20 Å². The van der Waals surface area contributed by atoms with Gasteiger partial charge in [-0.25, -0.2) is 4.68 Å². The number of fused-ring (bicyclic) bond motifs is 3. The Balaban J connectivity index is 1.35. The molecular weight excluding hydrogens is 294 g/mol. The molecule has 0 radical (unpaired) electrons. The van der Waals surface area contributed by atoms with E-state index in [0.29, 0.717) is 13.2 Å². The highest BCUT2D eigenvalue weighted by molar-refractivity contribution is 5.78. The Morgan fingerprint density at radius 3 is 2.87 bits per heavy atom. The molecule has 1 amide bonds. The van der Waals surface area contributed by atoms with Gasteiger partial charge >= 0.3 is 0 Å². The summed E-state index contributed by atoms with van der Waals surface area (Å²) >= 11 is 0. The fourth-order valence-corrected chi connectivity index (χ4v) is 4.01. The van der Waals surface area contributed by atoms with Crippen molar-refractivity contribution in [3.8, 4) is 0 Å². The molecule has 7 heteroatoms.